The molecule has 0 spiro atoms. The summed E-state index contributed by atoms with van der Waals surface area (Å²) in [5.41, 5.74) is 4.75. The molecular weight excluding hydrogens is 404 g/mol. The number of thiocarbonyl (C=S) groups is 1. The Kier molecular flexibility index (Phi) is 6.66. The van der Waals surface area contributed by atoms with E-state index in [0.717, 1.165) is 11.1 Å². The molecule has 0 aliphatic carbocycles. The average molecular weight is 431 g/mol. The van der Waals surface area contributed by atoms with E-state index >= 15 is 0 Å². The molecule has 1 amide bonds. The lowest BCUT2D eigenvalue weighted by molar-refractivity contribution is 0.0976. The second-order valence-corrected chi connectivity index (χ2v) is 8.92. The third-order valence-electron chi connectivity index (χ3n) is 4.96. The first-order valence-electron chi connectivity index (χ1n) is 10.1. The molecule has 3 rings (SSSR count). The van der Waals surface area contributed by atoms with Crippen molar-refractivity contribution in [3.8, 4) is 0 Å². The molecule has 0 fully saturated rings. The third-order valence-corrected chi connectivity index (χ3v) is 5.16. The number of ketones is 1. The van der Waals surface area contributed by atoms with E-state index in [9.17, 15) is 9.59 Å². The topological polar surface area (TPSA) is 58.2 Å². The zero-order chi connectivity index (χ0) is 22.6. The van der Waals surface area contributed by atoms with Gasteiger partial charge in [-0.05, 0) is 66.5 Å². The maximum atomic E-state index is 12.6. The Morgan fingerprint density at radius 1 is 0.742 bits per heavy atom. The lowest BCUT2D eigenvalue weighted by Crippen LogP contribution is -2.34. The van der Waals surface area contributed by atoms with Crippen LogP contribution in [0.2, 0.25) is 0 Å². The summed E-state index contributed by atoms with van der Waals surface area (Å²) < 4.78 is 0. The first-order valence-corrected chi connectivity index (χ1v) is 10.5. The highest BCUT2D eigenvalue weighted by Crippen LogP contribution is 2.22. The largest absolute Gasteiger partial charge is 0.332 e. The van der Waals surface area contributed by atoms with Crippen LogP contribution in [-0.2, 0) is 5.41 Å². The molecule has 3 aromatic carbocycles. The van der Waals surface area contributed by atoms with Crippen LogP contribution in [0.3, 0.4) is 0 Å². The van der Waals surface area contributed by atoms with Gasteiger partial charge in [0.15, 0.2) is 10.9 Å². The monoisotopic (exact) mass is 430 g/mol. The minimum atomic E-state index is -0.274. The summed E-state index contributed by atoms with van der Waals surface area (Å²) in [5, 5.41) is 5.86. The molecule has 2 N–H and O–H groups in total. The van der Waals surface area contributed by atoms with E-state index in [1.165, 1.54) is 0 Å². The second-order valence-electron chi connectivity index (χ2n) is 8.51. The second kappa shape index (κ2) is 9.23. The molecule has 0 aliphatic heterocycles. The number of amides is 1. The molecule has 0 aliphatic rings. The van der Waals surface area contributed by atoms with Crippen LogP contribution in [0, 0.1) is 6.92 Å². The lowest BCUT2D eigenvalue weighted by Gasteiger charge is -2.19. The summed E-state index contributed by atoms with van der Waals surface area (Å²) >= 11 is 5.26. The number of benzene rings is 3. The van der Waals surface area contributed by atoms with Crippen molar-refractivity contribution in [1.82, 2.24) is 5.32 Å². The van der Waals surface area contributed by atoms with Gasteiger partial charge in [-0.3, -0.25) is 14.9 Å². The smallest absolute Gasteiger partial charge is 0.257 e. The van der Waals surface area contributed by atoms with Gasteiger partial charge in [-0.15, -0.1) is 0 Å². The van der Waals surface area contributed by atoms with Gasteiger partial charge in [0.2, 0.25) is 0 Å². The predicted octanol–water partition coefficient (Wildman–Crippen LogP) is 5.65. The van der Waals surface area contributed by atoms with Gasteiger partial charge < -0.3 is 5.32 Å². The fraction of sp³-hybridized carbons (Fsp3) is 0.192. The lowest BCUT2D eigenvalue weighted by atomic mass is 9.87. The molecule has 0 unspecified atom stereocenters. The SMILES string of the molecule is Cc1ccc(C(=O)c2ccc(NC(=S)NC(=O)c3ccc(C(C)(C)C)cc3)cc2)cc1. The van der Waals surface area contributed by atoms with Crippen LogP contribution in [0.4, 0.5) is 5.69 Å². The fourth-order valence-corrected chi connectivity index (χ4v) is 3.25. The van der Waals surface area contributed by atoms with Crippen LogP contribution in [-0.4, -0.2) is 16.8 Å². The predicted molar refractivity (Wildman–Crippen MR) is 130 cm³/mol. The molecule has 0 aromatic heterocycles. The summed E-state index contributed by atoms with van der Waals surface area (Å²) in [6.07, 6.45) is 0. The van der Waals surface area contributed by atoms with E-state index < -0.39 is 0 Å². The molecule has 0 bridgehead atoms. The Morgan fingerprint density at radius 2 is 1.23 bits per heavy atom. The number of nitrogens with one attached hydrogen (secondary N) is 2. The molecule has 5 heteroatoms. The van der Waals surface area contributed by atoms with Crippen LogP contribution in [0.5, 0.6) is 0 Å². The van der Waals surface area contributed by atoms with Crippen LogP contribution in [0.25, 0.3) is 0 Å². The Hall–Kier alpha value is -3.31. The van der Waals surface area contributed by atoms with Crippen molar-refractivity contribution in [1.29, 1.82) is 0 Å². The molecule has 4 nitrogen and oxygen atoms in total. The maximum absolute atomic E-state index is 12.6. The van der Waals surface area contributed by atoms with Crippen LogP contribution in [0.15, 0.2) is 72.8 Å². The Bertz CT molecular complexity index is 1090. The number of aryl methyl sites for hydroxylation is 1. The molecule has 0 radical (unpaired) electrons. The zero-order valence-electron chi connectivity index (χ0n) is 18.2. The first-order chi connectivity index (χ1) is 14.6. The van der Waals surface area contributed by atoms with Crippen LogP contribution < -0.4 is 10.6 Å². The minimum absolute atomic E-state index is 0.0266. The molecule has 3 aromatic rings. The van der Waals surface area contributed by atoms with Gasteiger partial charge in [0, 0.05) is 22.4 Å². The summed E-state index contributed by atoms with van der Waals surface area (Å²) in [6, 6.07) is 22.0. The molecule has 0 atom stereocenters. The number of anilines is 1. The first kappa shape index (κ1) is 22.4. The van der Waals surface area contributed by atoms with Gasteiger partial charge in [0.05, 0.1) is 0 Å². The van der Waals surface area contributed by atoms with E-state index in [-0.39, 0.29) is 22.2 Å². The highest BCUT2D eigenvalue weighted by molar-refractivity contribution is 7.80. The molecule has 158 valence electrons. The Labute approximate surface area is 188 Å². The number of hydrogen-bond donors (Lipinski definition) is 2. The highest BCUT2D eigenvalue weighted by Gasteiger charge is 2.15. The van der Waals surface area contributed by atoms with E-state index in [4.69, 9.17) is 12.2 Å². The molecule has 0 saturated carbocycles. The van der Waals surface area contributed by atoms with Gasteiger partial charge in [0.1, 0.15) is 0 Å². The van der Waals surface area contributed by atoms with Crippen molar-refractivity contribution in [2.24, 2.45) is 0 Å². The van der Waals surface area contributed by atoms with Gasteiger partial charge in [-0.25, -0.2) is 0 Å². The van der Waals surface area contributed by atoms with Crippen molar-refractivity contribution >= 4 is 34.7 Å². The van der Waals surface area contributed by atoms with Crippen molar-refractivity contribution in [2.45, 2.75) is 33.1 Å². The maximum Gasteiger partial charge on any atom is 0.257 e. The zero-order valence-corrected chi connectivity index (χ0v) is 19.0. The highest BCUT2D eigenvalue weighted by atomic mass is 32.1. The standard InChI is InChI=1S/C26H26N2O2S/c1-17-5-7-18(8-6-17)23(29)19-11-15-22(16-12-19)27-25(31)28-24(30)20-9-13-21(14-10-20)26(2,3)4/h5-16H,1-4H3,(H2,27,28,30,31). The third kappa shape index (κ3) is 5.86. The minimum Gasteiger partial charge on any atom is -0.332 e. The molecule has 0 saturated heterocycles. The van der Waals surface area contributed by atoms with E-state index in [2.05, 4.69) is 31.4 Å². The van der Waals surface area contributed by atoms with Crippen molar-refractivity contribution in [3.05, 3.63) is 101 Å². The van der Waals surface area contributed by atoms with Crippen LogP contribution >= 0.6 is 12.2 Å². The van der Waals surface area contributed by atoms with E-state index in [0.29, 0.717) is 22.4 Å². The van der Waals surface area contributed by atoms with Gasteiger partial charge in [-0.1, -0.05) is 62.7 Å². The molecule has 0 heterocycles. The van der Waals surface area contributed by atoms with E-state index in [1.54, 1.807) is 36.4 Å². The number of hydrogen-bond acceptors (Lipinski definition) is 3. The van der Waals surface area contributed by atoms with Crippen LogP contribution in [0.1, 0.15) is 58.2 Å². The summed E-state index contributed by atoms with van der Waals surface area (Å²) in [4.78, 5) is 25.0. The van der Waals surface area contributed by atoms with Crippen molar-refractivity contribution in [3.63, 3.8) is 0 Å². The van der Waals surface area contributed by atoms with Gasteiger partial charge in [-0.2, -0.15) is 0 Å². The summed E-state index contributed by atoms with van der Waals surface area (Å²) in [7, 11) is 0. The van der Waals surface area contributed by atoms with E-state index in [1.807, 2.05) is 43.3 Å². The van der Waals surface area contributed by atoms with Gasteiger partial charge in [0.25, 0.3) is 5.91 Å². The van der Waals surface area contributed by atoms with Crippen molar-refractivity contribution in [2.75, 3.05) is 5.32 Å². The Balaban J connectivity index is 1.59. The van der Waals surface area contributed by atoms with Gasteiger partial charge >= 0.3 is 0 Å². The number of rotatable bonds is 4. The summed E-state index contributed by atoms with van der Waals surface area (Å²) in [5.74, 6) is -0.315. The quantitative estimate of drug-likeness (QED) is 0.415. The fourth-order valence-electron chi connectivity index (χ4n) is 3.04. The average Bonchev–Trinajstić information content (AvgIpc) is 2.73. The Morgan fingerprint density at radius 3 is 1.74 bits per heavy atom. The summed E-state index contributed by atoms with van der Waals surface area (Å²) in [6.45, 7) is 8.36. The normalized spacial score (nSPS) is 11.0. The number of carbonyl (C=O) groups excluding carboxylic acids is 2. The molecule has 31 heavy (non-hydrogen) atoms. The molecular formula is C26H26N2O2S. The number of carbonyl (C=O) groups is 2. The van der Waals surface area contributed by atoms with Crippen molar-refractivity contribution < 1.29 is 9.59 Å².